The first kappa shape index (κ1) is 16.1. The van der Waals surface area contributed by atoms with Gasteiger partial charge in [-0.05, 0) is 57.7 Å². The van der Waals surface area contributed by atoms with Gasteiger partial charge in [-0.25, -0.2) is 0 Å². The van der Waals surface area contributed by atoms with E-state index in [9.17, 15) is 4.79 Å². The summed E-state index contributed by atoms with van der Waals surface area (Å²) >= 11 is 6.17. The predicted octanol–water partition coefficient (Wildman–Crippen LogP) is 3.58. The number of halogens is 1. The summed E-state index contributed by atoms with van der Waals surface area (Å²) in [6, 6.07) is 5.58. The lowest BCUT2D eigenvalue weighted by Gasteiger charge is -2.25. The van der Waals surface area contributed by atoms with Crippen LogP contribution in [0, 0.1) is 5.92 Å². The van der Waals surface area contributed by atoms with Crippen molar-refractivity contribution in [3.05, 3.63) is 23.2 Å². The summed E-state index contributed by atoms with van der Waals surface area (Å²) in [5.74, 6) is 0.735. The summed E-state index contributed by atoms with van der Waals surface area (Å²) in [7, 11) is 0. The lowest BCUT2D eigenvalue weighted by atomic mass is 9.86. The van der Waals surface area contributed by atoms with Crippen molar-refractivity contribution in [3.8, 4) is 5.75 Å². The highest BCUT2D eigenvalue weighted by Gasteiger charge is 2.24. The number of benzene rings is 1. The average molecular weight is 311 g/mol. The third kappa shape index (κ3) is 4.61. The third-order valence-corrected chi connectivity index (χ3v) is 4.00. The minimum Gasteiger partial charge on any atom is -0.489 e. The van der Waals surface area contributed by atoms with Gasteiger partial charge in [0, 0.05) is 17.6 Å². The highest BCUT2D eigenvalue weighted by molar-refractivity contribution is 6.32. The molecular weight excluding hydrogens is 288 g/mol. The standard InChI is InChI=1S/C16H23ClN2O2/c1-10(2)21-15-8-7-13(9-14(15)17)19-16(20)11-3-5-12(18)6-4-11/h7-12H,3-6,18H2,1-2H3,(H,19,20). The molecule has 0 aliphatic heterocycles. The fourth-order valence-corrected chi connectivity index (χ4v) is 2.78. The fraction of sp³-hybridized carbons (Fsp3) is 0.562. The average Bonchev–Trinajstić information content (AvgIpc) is 2.42. The van der Waals surface area contributed by atoms with Crippen LogP contribution in [0.15, 0.2) is 18.2 Å². The van der Waals surface area contributed by atoms with E-state index in [2.05, 4.69) is 5.32 Å². The number of rotatable bonds is 4. The first-order valence-electron chi connectivity index (χ1n) is 7.48. The molecule has 0 bridgehead atoms. The molecule has 21 heavy (non-hydrogen) atoms. The molecule has 0 saturated heterocycles. The molecule has 1 aliphatic carbocycles. The highest BCUT2D eigenvalue weighted by atomic mass is 35.5. The summed E-state index contributed by atoms with van der Waals surface area (Å²) in [5, 5.41) is 3.43. The number of carbonyl (C=O) groups is 1. The number of amides is 1. The van der Waals surface area contributed by atoms with Crippen molar-refractivity contribution >= 4 is 23.2 Å². The van der Waals surface area contributed by atoms with Gasteiger partial charge in [0.1, 0.15) is 5.75 Å². The molecule has 1 fully saturated rings. The largest absolute Gasteiger partial charge is 0.489 e. The fourth-order valence-electron chi connectivity index (χ4n) is 2.55. The van der Waals surface area contributed by atoms with Crippen LogP contribution >= 0.6 is 11.6 Å². The molecule has 1 saturated carbocycles. The van der Waals surface area contributed by atoms with Crippen molar-refractivity contribution in [2.75, 3.05) is 5.32 Å². The van der Waals surface area contributed by atoms with Crippen LogP contribution in [0.1, 0.15) is 39.5 Å². The molecule has 0 atom stereocenters. The van der Waals surface area contributed by atoms with Gasteiger partial charge >= 0.3 is 0 Å². The van der Waals surface area contributed by atoms with E-state index in [1.165, 1.54) is 0 Å². The SMILES string of the molecule is CC(C)Oc1ccc(NC(=O)C2CCC(N)CC2)cc1Cl. The van der Waals surface area contributed by atoms with Crippen molar-refractivity contribution in [3.63, 3.8) is 0 Å². The second-order valence-corrected chi connectivity index (χ2v) is 6.32. The second kappa shape index (κ2) is 7.14. The Morgan fingerprint density at radius 3 is 2.57 bits per heavy atom. The maximum Gasteiger partial charge on any atom is 0.227 e. The van der Waals surface area contributed by atoms with Crippen LogP contribution in [-0.2, 0) is 4.79 Å². The number of ether oxygens (including phenoxy) is 1. The van der Waals surface area contributed by atoms with E-state index in [0.717, 1.165) is 25.7 Å². The molecule has 1 amide bonds. The lowest BCUT2D eigenvalue weighted by molar-refractivity contribution is -0.120. The molecule has 0 radical (unpaired) electrons. The highest BCUT2D eigenvalue weighted by Crippen LogP contribution is 2.30. The van der Waals surface area contributed by atoms with Gasteiger partial charge in [-0.1, -0.05) is 11.6 Å². The minimum atomic E-state index is 0.0511. The van der Waals surface area contributed by atoms with Crippen molar-refractivity contribution in [1.29, 1.82) is 0 Å². The quantitative estimate of drug-likeness (QED) is 0.893. The molecule has 4 nitrogen and oxygen atoms in total. The van der Waals surface area contributed by atoms with E-state index >= 15 is 0 Å². The molecule has 1 aliphatic rings. The molecule has 0 aromatic heterocycles. The van der Waals surface area contributed by atoms with Crippen LogP contribution in [0.25, 0.3) is 0 Å². The molecule has 0 spiro atoms. The van der Waals surface area contributed by atoms with E-state index in [-0.39, 0.29) is 24.0 Å². The third-order valence-electron chi connectivity index (χ3n) is 3.70. The Balaban J connectivity index is 1.96. The van der Waals surface area contributed by atoms with E-state index < -0.39 is 0 Å². The minimum absolute atomic E-state index is 0.0511. The van der Waals surface area contributed by atoms with E-state index in [1.807, 2.05) is 19.9 Å². The van der Waals surface area contributed by atoms with Gasteiger partial charge in [0.2, 0.25) is 5.91 Å². The maximum atomic E-state index is 12.2. The molecular formula is C16H23ClN2O2. The molecule has 1 aromatic carbocycles. The smallest absolute Gasteiger partial charge is 0.227 e. The van der Waals surface area contributed by atoms with Crippen LogP contribution in [0.2, 0.25) is 5.02 Å². The van der Waals surface area contributed by atoms with E-state index in [4.69, 9.17) is 22.1 Å². The second-order valence-electron chi connectivity index (χ2n) is 5.91. The van der Waals surface area contributed by atoms with E-state index in [0.29, 0.717) is 16.5 Å². The number of carbonyl (C=O) groups excluding carboxylic acids is 1. The van der Waals surface area contributed by atoms with Crippen LogP contribution in [0.4, 0.5) is 5.69 Å². The molecule has 1 aromatic rings. The Hall–Kier alpha value is -1.26. The van der Waals surface area contributed by atoms with Crippen LogP contribution < -0.4 is 15.8 Å². The van der Waals surface area contributed by atoms with Crippen molar-refractivity contribution in [2.24, 2.45) is 11.7 Å². The number of hydrogen-bond donors (Lipinski definition) is 2. The number of hydrogen-bond acceptors (Lipinski definition) is 3. The normalized spacial score (nSPS) is 22.1. The van der Waals surface area contributed by atoms with Crippen molar-refractivity contribution in [2.45, 2.75) is 51.7 Å². The monoisotopic (exact) mass is 310 g/mol. The van der Waals surface area contributed by atoms with Gasteiger partial charge in [-0.2, -0.15) is 0 Å². The molecule has 0 unspecified atom stereocenters. The Bertz CT molecular complexity index is 497. The first-order chi connectivity index (χ1) is 9.95. The van der Waals surface area contributed by atoms with Gasteiger partial charge in [0.15, 0.2) is 0 Å². The summed E-state index contributed by atoms with van der Waals surface area (Å²) in [4.78, 5) is 12.2. The van der Waals surface area contributed by atoms with Crippen LogP contribution in [0.5, 0.6) is 5.75 Å². The molecule has 5 heteroatoms. The van der Waals surface area contributed by atoms with Gasteiger partial charge in [0.25, 0.3) is 0 Å². The summed E-state index contributed by atoms with van der Waals surface area (Å²) in [5.41, 5.74) is 6.57. The molecule has 116 valence electrons. The van der Waals surface area contributed by atoms with Gasteiger partial charge < -0.3 is 15.8 Å². The maximum absolute atomic E-state index is 12.2. The van der Waals surface area contributed by atoms with Crippen LogP contribution in [0.3, 0.4) is 0 Å². The Labute approximate surface area is 131 Å². The van der Waals surface area contributed by atoms with Gasteiger partial charge in [0.05, 0.1) is 11.1 Å². The number of anilines is 1. The van der Waals surface area contributed by atoms with Crippen molar-refractivity contribution < 1.29 is 9.53 Å². The van der Waals surface area contributed by atoms with Gasteiger partial charge in [-0.3, -0.25) is 4.79 Å². The first-order valence-corrected chi connectivity index (χ1v) is 7.86. The van der Waals surface area contributed by atoms with Crippen molar-refractivity contribution in [1.82, 2.24) is 0 Å². The van der Waals surface area contributed by atoms with Crippen LogP contribution in [-0.4, -0.2) is 18.1 Å². The molecule has 3 N–H and O–H groups in total. The molecule has 2 rings (SSSR count). The Kier molecular flexibility index (Phi) is 5.48. The topological polar surface area (TPSA) is 64.3 Å². The zero-order valence-electron chi connectivity index (χ0n) is 12.6. The number of nitrogens with two attached hydrogens (primary N) is 1. The predicted molar refractivity (Wildman–Crippen MR) is 85.8 cm³/mol. The summed E-state index contributed by atoms with van der Waals surface area (Å²) < 4.78 is 5.57. The lowest BCUT2D eigenvalue weighted by Crippen LogP contribution is -2.32. The molecule has 0 heterocycles. The zero-order valence-corrected chi connectivity index (χ0v) is 13.3. The van der Waals surface area contributed by atoms with E-state index in [1.54, 1.807) is 12.1 Å². The summed E-state index contributed by atoms with van der Waals surface area (Å²) in [6.07, 6.45) is 3.61. The Morgan fingerprint density at radius 1 is 1.33 bits per heavy atom. The van der Waals surface area contributed by atoms with Gasteiger partial charge in [-0.15, -0.1) is 0 Å². The summed E-state index contributed by atoms with van der Waals surface area (Å²) in [6.45, 7) is 3.89. The zero-order chi connectivity index (χ0) is 15.4. The Morgan fingerprint density at radius 2 is 2.00 bits per heavy atom. The number of nitrogens with one attached hydrogen (secondary N) is 1.